The van der Waals surface area contributed by atoms with Gasteiger partial charge in [-0.25, -0.2) is 9.97 Å². The van der Waals surface area contributed by atoms with Crippen LogP contribution in [0.2, 0.25) is 0 Å². The maximum absolute atomic E-state index is 12.7. The number of anilines is 1. The molecule has 0 unspecified atom stereocenters. The molecule has 1 aromatic heterocycles. The number of para-hydroxylation sites is 2. The van der Waals surface area contributed by atoms with E-state index in [0.717, 1.165) is 35.4 Å². The van der Waals surface area contributed by atoms with Gasteiger partial charge in [0, 0.05) is 39.3 Å². The Balaban J connectivity index is 1.51. The van der Waals surface area contributed by atoms with Gasteiger partial charge in [-0.3, -0.25) is 0 Å². The lowest BCUT2D eigenvalue weighted by Gasteiger charge is -2.36. The van der Waals surface area contributed by atoms with Gasteiger partial charge in [0.1, 0.15) is 0 Å². The highest BCUT2D eigenvalue weighted by molar-refractivity contribution is 7.86. The van der Waals surface area contributed by atoms with Crippen molar-refractivity contribution in [2.24, 2.45) is 0 Å². The minimum Gasteiger partial charge on any atom is -0.352 e. The molecule has 2 aromatic rings. The zero-order valence-electron chi connectivity index (χ0n) is 14.4. The number of hydrogen-bond donors (Lipinski definition) is 0. The lowest BCUT2D eigenvalue weighted by Crippen LogP contribution is -2.52. The molecule has 3 heterocycles. The number of nitrogens with zero attached hydrogens (tertiary/aromatic N) is 5. The van der Waals surface area contributed by atoms with E-state index in [9.17, 15) is 8.42 Å². The van der Waals surface area contributed by atoms with Crippen LogP contribution < -0.4 is 4.90 Å². The Labute approximate surface area is 148 Å². The summed E-state index contributed by atoms with van der Waals surface area (Å²) >= 11 is 0. The van der Waals surface area contributed by atoms with Crippen molar-refractivity contribution in [2.45, 2.75) is 19.8 Å². The van der Waals surface area contributed by atoms with E-state index in [4.69, 9.17) is 4.98 Å². The van der Waals surface area contributed by atoms with Crippen LogP contribution >= 0.6 is 0 Å². The molecule has 0 spiro atoms. The summed E-state index contributed by atoms with van der Waals surface area (Å²) in [6.07, 6.45) is 1.93. The van der Waals surface area contributed by atoms with E-state index in [1.165, 1.54) is 0 Å². The molecule has 0 N–H and O–H groups in total. The summed E-state index contributed by atoms with van der Waals surface area (Å²) in [6.45, 7) is 5.53. The van der Waals surface area contributed by atoms with Gasteiger partial charge in [0.25, 0.3) is 10.2 Å². The number of benzene rings is 1. The van der Waals surface area contributed by atoms with Crippen molar-refractivity contribution >= 4 is 27.1 Å². The fourth-order valence-corrected chi connectivity index (χ4v) is 5.26. The minimum atomic E-state index is -3.31. The molecule has 0 amide bonds. The summed E-state index contributed by atoms with van der Waals surface area (Å²) in [5.41, 5.74) is 2.64. The number of hydrogen-bond acceptors (Lipinski definition) is 5. The maximum atomic E-state index is 12.7. The molecule has 0 atom stereocenters. The second-order valence-electron chi connectivity index (χ2n) is 6.62. The van der Waals surface area contributed by atoms with Crippen LogP contribution in [0.1, 0.15) is 18.5 Å². The van der Waals surface area contributed by atoms with Crippen molar-refractivity contribution in [3.05, 3.63) is 30.0 Å². The first-order chi connectivity index (χ1) is 12.1. The van der Waals surface area contributed by atoms with Gasteiger partial charge >= 0.3 is 0 Å². The lowest BCUT2D eigenvalue weighted by atomic mass is 10.2. The van der Waals surface area contributed by atoms with E-state index in [0.29, 0.717) is 39.3 Å². The highest BCUT2D eigenvalue weighted by Crippen LogP contribution is 2.23. The molecular weight excluding hydrogens is 338 g/mol. The third-order valence-corrected chi connectivity index (χ3v) is 7.01. The first-order valence-electron chi connectivity index (χ1n) is 8.79. The molecule has 7 nitrogen and oxygen atoms in total. The Morgan fingerprint density at radius 3 is 2.04 bits per heavy atom. The molecule has 0 aliphatic carbocycles. The van der Waals surface area contributed by atoms with Crippen LogP contribution in [-0.2, 0) is 10.2 Å². The van der Waals surface area contributed by atoms with E-state index in [1.54, 1.807) is 8.61 Å². The molecule has 0 saturated carbocycles. The van der Waals surface area contributed by atoms with Crippen molar-refractivity contribution in [2.75, 3.05) is 44.2 Å². The van der Waals surface area contributed by atoms with Gasteiger partial charge in [0.2, 0.25) is 0 Å². The van der Waals surface area contributed by atoms with Crippen LogP contribution in [0.4, 0.5) is 5.82 Å². The Morgan fingerprint density at radius 2 is 1.40 bits per heavy atom. The first-order valence-corrected chi connectivity index (χ1v) is 10.2. The Hall–Kier alpha value is -1.77. The number of rotatable bonds is 3. The van der Waals surface area contributed by atoms with E-state index in [1.807, 2.05) is 31.2 Å². The third-order valence-electron chi connectivity index (χ3n) is 4.98. The molecular formula is C17H23N5O2S. The van der Waals surface area contributed by atoms with Gasteiger partial charge < -0.3 is 4.90 Å². The minimum absolute atomic E-state index is 0.493. The lowest BCUT2D eigenvalue weighted by molar-refractivity contribution is 0.343. The highest BCUT2D eigenvalue weighted by Gasteiger charge is 2.34. The predicted octanol–water partition coefficient (Wildman–Crippen LogP) is 1.40. The van der Waals surface area contributed by atoms with Crippen LogP contribution in [0.5, 0.6) is 0 Å². The molecule has 2 fully saturated rings. The zero-order chi connectivity index (χ0) is 17.4. The number of aryl methyl sites for hydroxylation is 1. The van der Waals surface area contributed by atoms with Gasteiger partial charge in [0.15, 0.2) is 5.82 Å². The second-order valence-corrected chi connectivity index (χ2v) is 8.55. The Bertz CT molecular complexity index is 872. The predicted molar refractivity (Wildman–Crippen MR) is 97.8 cm³/mol. The smallest absolute Gasteiger partial charge is 0.282 e. The standard InChI is InChI=1S/C17H23N5O2S/c1-14-17(19-16-7-3-2-6-15(16)18-14)20-10-12-22(13-11-20)25(23,24)21-8-4-5-9-21/h2-3,6-7H,4-5,8-13H2,1H3. The topological polar surface area (TPSA) is 69.6 Å². The average Bonchev–Trinajstić information content (AvgIpc) is 3.17. The second kappa shape index (κ2) is 6.51. The summed E-state index contributed by atoms with van der Waals surface area (Å²) in [7, 11) is -3.31. The molecule has 2 saturated heterocycles. The summed E-state index contributed by atoms with van der Waals surface area (Å²) < 4.78 is 28.6. The zero-order valence-corrected chi connectivity index (χ0v) is 15.2. The fourth-order valence-electron chi connectivity index (χ4n) is 3.59. The molecule has 0 bridgehead atoms. The van der Waals surface area contributed by atoms with Crippen molar-refractivity contribution in [1.29, 1.82) is 0 Å². The number of aromatic nitrogens is 2. The quantitative estimate of drug-likeness (QED) is 0.827. The largest absolute Gasteiger partial charge is 0.352 e. The van der Waals surface area contributed by atoms with Crippen molar-refractivity contribution in [3.8, 4) is 0 Å². The molecule has 0 radical (unpaired) electrons. The molecule has 4 rings (SSSR count). The molecule has 134 valence electrons. The number of piperazine rings is 1. The van der Waals surface area contributed by atoms with Crippen LogP contribution in [-0.4, -0.2) is 66.3 Å². The number of fused-ring (bicyclic) bond motifs is 1. The SMILES string of the molecule is Cc1nc2ccccc2nc1N1CCN(S(=O)(=O)N2CCCC2)CC1. The van der Waals surface area contributed by atoms with Gasteiger partial charge in [-0.1, -0.05) is 12.1 Å². The monoisotopic (exact) mass is 361 g/mol. The third kappa shape index (κ3) is 3.09. The van der Waals surface area contributed by atoms with Crippen LogP contribution in [0.25, 0.3) is 11.0 Å². The van der Waals surface area contributed by atoms with Gasteiger partial charge in [-0.15, -0.1) is 0 Å². The average molecular weight is 361 g/mol. The van der Waals surface area contributed by atoms with E-state index in [-0.39, 0.29) is 0 Å². The van der Waals surface area contributed by atoms with E-state index in [2.05, 4.69) is 9.88 Å². The summed E-state index contributed by atoms with van der Waals surface area (Å²) in [5.74, 6) is 0.858. The van der Waals surface area contributed by atoms with Gasteiger partial charge in [-0.05, 0) is 31.9 Å². The molecule has 1 aromatic carbocycles. The van der Waals surface area contributed by atoms with Crippen molar-refractivity contribution < 1.29 is 8.42 Å². The van der Waals surface area contributed by atoms with Gasteiger partial charge in [-0.2, -0.15) is 17.0 Å². The summed E-state index contributed by atoms with van der Waals surface area (Å²) in [6, 6.07) is 7.83. The maximum Gasteiger partial charge on any atom is 0.282 e. The van der Waals surface area contributed by atoms with Crippen LogP contribution in [0, 0.1) is 6.92 Å². The van der Waals surface area contributed by atoms with Crippen LogP contribution in [0.3, 0.4) is 0 Å². The Kier molecular flexibility index (Phi) is 4.35. The molecule has 25 heavy (non-hydrogen) atoms. The summed E-state index contributed by atoms with van der Waals surface area (Å²) in [5, 5.41) is 0. The molecule has 8 heteroatoms. The van der Waals surface area contributed by atoms with E-state index >= 15 is 0 Å². The fraction of sp³-hybridized carbons (Fsp3) is 0.529. The van der Waals surface area contributed by atoms with Crippen molar-refractivity contribution in [1.82, 2.24) is 18.6 Å². The van der Waals surface area contributed by atoms with Crippen molar-refractivity contribution in [3.63, 3.8) is 0 Å². The normalized spacial score (nSPS) is 20.4. The van der Waals surface area contributed by atoms with E-state index < -0.39 is 10.2 Å². The summed E-state index contributed by atoms with van der Waals surface area (Å²) in [4.78, 5) is 11.5. The Morgan fingerprint density at radius 1 is 0.840 bits per heavy atom. The highest BCUT2D eigenvalue weighted by atomic mass is 32.2. The first kappa shape index (κ1) is 16.7. The molecule has 2 aliphatic heterocycles. The van der Waals surface area contributed by atoms with Crippen LogP contribution in [0.15, 0.2) is 24.3 Å². The van der Waals surface area contributed by atoms with Gasteiger partial charge in [0.05, 0.1) is 16.7 Å². The molecule has 2 aliphatic rings.